The number of nitrogens with zero attached hydrogens (tertiary/aromatic N) is 4. The largest absolute Gasteiger partial charge is 0.497 e. The zero-order valence-electron chi connectivity index (χ0n) is 29.1. The van der Waals surface area contributed by atoms with Gasteiger partial charge < -0.3 is 29.1 Å². The summed E-state index contributed by atoms with van der Waals surface area (Å²) >= 11 is 2.06. The van der Waals surface area contributed by atoms with Crippen molar-refractivity contribution in [3.63, 3.8) is 0 Å². The summed E-state index contributed by atoms with van der Waals surface area (Å²) in [6.07, 6.45) is 0.789. The van der Waals surface area contributed by atoms with Crippen molar-refractivity contribution < 1.29 is 47.8 Å². The number of esters is 2. The summed E-state index contributed by atoms with van der Waals surface area (Å²) in [7, 11) is 1.55. The Labute approximate surface area is 297 Å². The molecule has 16 nitrogen and oxygen atoms in total. The molecule has 0 bridgehead atoms. The van der Waals surface area contributed by atoms with Crippen molar-refractivity contribution in [2.75, 3.05) is 18.2 Å². The molecule has 2 aliphatic rings. The molecule has 1 saturated heterocycles. The highest BCUT2D eigenvalue weighted by Gasteiger charge is 2.53. The van der Waals surface area contributed by atoms with Crippen LogP contribution in [0.1, 0.15) is 66.8 Å². The standard InChI is InChI=1S/C32H40N6O10S2/c1-30(2,3)46-27(42)32(7,8)48-36-20(22-34-28(50-37-22)35-29(43)47-31(4,5)6)23(39)33-21-24(40)38-19(14-15-49-25(21)38)26(41)45-16-17-10-12-18(44-9)13-11-17/h10-14,21,25H,15-16H2,1-9H3,(H,33,39)(H,34,35,37,43)/b36-20-/t21-,25-/m1/s1. The highest BCUT2D eigenvalue weighted by Crippen LogP contribution is 2.38. The van der Waals surface area contributed by atoms with Crippen LogP contribution in [0, 0.1) is 0 Å². The first-order chi connectivity index (χ1) is 23.3. The highest BCUT2D eigenvalue weighted by atomic mass is 32.2. The lowest BCUT2D eigenvalue weighted by atomic mass is 10.0. The summed E-state index contributed by atoms with van der Waals surface area (Å²) in [5, 5.41) is 8.35. The van der Waals surface area contributed by atoms with Crippen LogP contribution in [-0.4, -0.2) is 90.9 Å². The summed E-state index contributed by atoms with van der Waals surface area (Å²) in [4.78, 5) is 76.1. The molecule has 0 spiro atoms. The van der Waals surface area contributed by atoms with Crippen molar-refractivity contribution in [1.29, 1.82) is 0 Å². The molecule has 18 heteroatoms. The van der Waals surface area contributed by atoms with Gasteiger partial charge in [-0.3, -0.25) is 19.8 Å². The SMILES string of the molecule is COc1ccc(COC(=O)C2=CCS[C@@H]3[C@H](NC(=O)/C(=N\OC(C)(C)C(=O)OC(C)(C)C)c4nsc(NC(=O)OC(C)(C)C)n4)C(=O)N23)cc1. The van der Waals surface area contributed by atoms with Crippen molar-refractivity contribution in [2.24, 2.45) is 5.16 Å². The minimum absolute atomic E-state index is 0.0159. The second-order valence-corrected chi connectivity index (χ2v) is 15.4. The molecule has 3 heterocycles. The number of methoxy groups -OCH3 is 1. The first kappa shape index (κ1) is 38.1. The van der Waals surface area contributed by atoms with Crippen molar-refractivity contribution >= 4 is 64.0 Å². The second kappa shape index (κ2) is 15.0. The number of hydrogen-bond acceptors (Lipinski definition) is 15. The Balaban J connectivity index is 1.49. The number of fused-ring (bicyclic) bond motifs is 1. The van der Waals surface area contributed by atoms with Gasteiger partial charge in [0.05, 0.1) is 7.11 Å². The molecule has 0 aliphatic carbocycles. The first-order valence-corrected chi connectivity index (χ1v) is 17.2. The van der Waals surface area contributed by atoms with E-state index in [-0.39, 0.29) is 23.3 Å². The van der Waals surface area contributed by atoms with Gasteiger partial charge in [0.25, 0.3) is 11.8 Å². The van der Waals surface area contributed by atoms with E-state index in [9.17, 15) is 24.0 Å². The summed E-state index contributed by atoms with van der Waals surface area (Å²) in [6.45, 7) is 12.9. The molecule has 2 aliphatic heterocycles. The Morgan fingerprint density at radius 1 is 1.00 bits per heavy atom. The van der Waals surface area contributed by atoms with E-state index in [0.29, 0.717) is 11.5 Å². The van der Waals surface area contributed by atoms with Gasteiger partial charge in [0, 0.05) is 17.3 Å². The number of hydrogen-bond donors (Lipinski definition) is 2. The van der Waals surface area contributed by atoms with E-state index in [2.05, 4.69) is 25.1 Å². The van der Waals surface area contributed by atoms with E-state index in [1.165, 1.54) is 30.5 Å². The number of aromatic nitrogens is 2. The van der Waals surface area contributed by atoms with Gasteiger partial charge >= 0.3 is 18.0 Å². The molecule has 2 N–H and O–H groups in total. The summed E-state index contributed by atoms with van der Waals surface area (Å²) in [6, 6.07) is 5.93. The van der Waals surface area contributed by atoms with E-state index in [4.69, 9.17) is 23.8 Å². The summed E-state index contributed by atoms with van der Waals surface area (Å²) in [5.74, 6) is -2.16. The van der Waals surface area contributed by atoms with Gasteiger partial charge in [0.15, 0.2) is 0 Å². The molecule has 270 valence electrons. The summed E-state index contributed by atoms with van der Waals surface area (Å²) < 4.78 is 25.4. The van der Waals surface area contributed by atoms with Gasteiger partial charge in [-0.05, 0) is 79.2 Å². The minimum atomic E-state index is -1.65. The van der Waals surface area contributed by atoms with Crippen molar-refractivity contribution in [2.45, 2.75) is 90.2 Å². The number of nitrogens with one attached hydrogen (secondary N) is 2. The molecule has 50 heavy (non-hydrogen) atoms. The van der Waals surface area contributed by atoms with Crippen LogP contribution < -0.4 is 15.4 Å². The van der Waals surface area contributed by atoms with Crippen LogP contribution in [0.15, 0.2) is 41.2 Å². The van der Waals surface area contributed by atoms with Crippen LogP contribution >= 0.6 is 23.3 Å². The van der Waals surface area contributed by atoms with Crippen LogP contribution in [-0.2, 0) is 44.8 Å². The lowest BCUT2D eigenvalue weighted by molar-refractivity contribution is -0.179. The third-order valence-corrected chi connectivity index (χ3v) is 8.40. The molecule has 2 atom stereocenters. The number of ether oxygens (including phenoxy) is 4. The average Bonchev–Trinajstić information content (AvgIpc) is 3.47. The summed E-state index contributed by atoms with van der Waals surface area (Å²) in [5.41, 5.74) is -2.96. The number of amides is 3. The number of rotatable bonds is 11. The van der Waals surface area contributed by atoms with Gasteiger partial charge in [-0.2, -0.15) is 9.36 Å². The molecule has 1 aromatic heterocycles. The highest BCUT2D eigenvalue weighted by molar-refractivity contribution is 8.00. The van der Waals surface area contributed by atoms with Crippen LogP contribution in [0.5, 0.6) is 5.75 Å². The zero-order chi connectivity index (χ0) is 37.0. The molecule has 3 amide bonds. The molecule has 1 aromatic carbocycles. The number of benzene rings is 1. The Bertz CT molecular complexity index is 1690. The van der Waals surface area contributed by atoms with Crippen molar-refractivity contribution in [1.82, 2.24) is 19.6 Å². The lowest BCUT2D eigenvalue weighted by Crippen LogP contribution is -2.70. The number of carbonyl (C=O) groups excluding carboxylic acids is 5. The van der Waals surface area contributed by atoms with Crippen LogP contribution in [0.2, 0.25) is 0 Å². The van der Waals surface area contributed by atoms with Crippen molar-refractivity contribution in [3.05, 3.63) is 47.4 Å². The van der Waals surface area contributed by atoms with E-state index >= 15 is 0 Å². The van der Waals surface area contributed by atoms with Crippen molar-refractivity contribution in [3.8, 4) is 5.75 Å². The molecule has 2 aromatic rings. The van der Waals surface area contributed by atoms with Crippen LogP contribution in [0.4, 0.5) is 9.93 Å². The maximum atomic E-state index is 13.7. The predicted octanol–water partition coefficient (Wildman–Crippen LogP) is 3.76. The Kier molecular flexibility index (Phi) is 11.5. The van der Waals surface area contributed by atoms with Gasteiger partial charge in [-0.25, -0.2) is 14.4 Å². The monoisotopic (exact) mass is 732 g/mol. The molecule has 0 saturated carbocycles. The minimum Gasteiger partial charge on any atom is -0.497 e. The maximum Gasteiger partial charge on any atom is 0.414 e. The van der Waals surface area contributed by atoms with E-state index in [0.717, 1.165) is 17.1 Å². The fraction of sp³-hybridized carbons (Fsp3) is 0.500. The molecule has 4 rings (SSSR count). The molecule has 0 radical (unpaired) electrons. The number of oxime groups is 1. The molecule has 1 fully saturated rings. The normalized spacial score (nSPS) is 17.8. The molecular formula is C32H40N6O10S2. The Morgan fingerprint density at radius 2 is 1.66 bits per heavy atom. The fourth-order valence-electron chi connectivity index (χ4n) is 4.23. The lowest BCUT2D eigenvalue weighted by Gasteiger charge is -2.48. The topological polar surface area (TPSA) is 197 Å². The third-order valence-electron chi connectivity index (χ3n) is 6.59. The maximum absolute atomic E-state index is 13.7. The number of carbonyl (C=O) groups is 5. The van der Waals surface area contributed by atoms with Gasteiger partial charge in [-0.15, -0.1) is 11.8 Å². The zero-order valence-corrected chi connectivity index (χ0v) is 30.8. The number of β-lactam (4-membered cyclic amide) rings is 1. The number of anilines is 1. The third kappa shape index (κ3) is 9.71. The Morgan fingerprint density at radius 3 is 2.28 bits per heavy atom. The van der Waals surface area contributed by atoms with Crippen LogP contribution in [0.25, 0.3) is 0 Å². The van der Waals surface area contributed by atoms with Gasteiger partial charge in [0.1, 0.15) is 40.7 Å². The van der Waals surface area contributed by atoms with Gasteiger partial charge in [0.2, 0.25) is 22.3 Å². The first-order valence-electron chi connectivity index (χ1n) is 15.4. The smallest absolute Gasteiger partial charge is 0.414 e. The average molecular weight is 733 g/mol. The Hall–Kier alpha value is -4.71. The second-order valence-electron chi connectivity index (χ2n) is 13.5. The van der Waals surface area contributed by atoms with E-state index in [1.54, 1.807) is 79.0 Å². The molecule has 0 unspecified atom stereocenters. The number of thioether (sulfide) groups is 1. The molecular weight excluding hydrogens is 693 g/mol. The predicted molar refractivity (Wildman–Crippen MR) is 183 cm³/mol. The van der Waals surface area contributed by atoms with E-state index in [1.807, 2.05) is 0 Å². The van der Waals surface area contributed by atoms with E-state index < -0.39 is 63.8 Å². The van der Waals surface area contributed by atoms with Crippen LogP contribution in [0.3, 0.4) is 0 Å². The quantitative estimate of drug-likeness (QED) is 0.112. The fourth-order valence-corrected chi connectivity index (χ4v) is 5.98. The van der Waals surface area contributed by atoms with Gasteiger partial charge in [-0.1, -0.05) is 17.3 Å².